The quantitative estimate of drug-likeness (QED) is 0.834. The number of anilines is 1. The number of aryl methyl sites for hydroxylation is 1. The van der Waals surface area contributed by atoms with Gasteiger partial charge >= 0.3 is 0 Å². The van der Waals surface area contributed by atoms with E-state index in [4.69, 9.17) is 18.0 Å². The first kappa shape index (κ1) is 12.4. The molecule has 92 valence electrons. The van der Waals surface area contributed by atoms with Gasteiger partial charge in [0.1, 0.15) is 4.99 Å². The van der Waals surface area contributed by atoms with Gasteiger partial charge in [0, 0.05) is 24.3 Å². The molecule has 1 aromatic rings. The highest BCUT2D eigenvalue weighted by Gasteiger charge is 2.20. The summed E-state index contributed by atoms with van der Waals surface area (Å²) in [4.78, 5) is 2.88. The summed E-state index contributed by atoms with van der Waals surface area (Å²) in [7, 11) is 2.19. The highest BCUT2D eigenvalue weighted by molar-refractivity contribution is 7.80. The Morgan fingerprint density at radius 1 is 1.35 bits per heavy atom. The maximum Gasteiger partial charge on any atom is 0.103 e. The molecule has 17 heavy (non-hydrogen) atoms. The van der Waals surface area contributed by atoms with Crippen molar-refractivity contribution < 1.29 is 0 Å². The lowest BCUT2D eigenvalue weighted by molar-refractivity contribution is 0.652. The van der Waals surface area contributed by atoms with Crippen molar-refractivity contribution in [2.75, 3.05) is 11.9 Å². The van der Waals surface area contributed by atoms with Gasteiger partial charge in [-0.2, -0.15) is 0 Å². The number of rotatable bonds is 3. The Kier molecular flexibility index (Phi) is 3.67. The first-order valence-electron chi connectivity index (χ1n) is 6.23. The van der Waals surface area contributed by atoms with E-state index < -0.39 is 0 Å². The molecule has 0 bridgehead atoms. The fourth-order valence-electron chi connectivity index (χ4n) is 2.69. The van der Waals surface area contributed by atoms with E-state index in [1.54, 1.807) is 0 Å². The van der Waals surface area contributed by atoms with Gasteiger partial charge in [-0.3, -0.25) is 0 Å². The van der Waals surface area contributed by atoms with Crippen molar-refractivity contribution in [2.24, 2.45) is 5.73 Å². The van der Waals surface area contributed by atoms with Crippen molar-refractivity contribution >= 4 is 22.9 Å². The van der Waals surface area contributed by atoms with Crippen molar-refractivity contribution in [3.05, 3.63) is 29.3 Å². The summed E-state index contributed by atoms with van der Waals surface area (Å²) in [6, 6.07) is 6.95. The minimum atomic E-state index is 0.475. The molecule has 0 spiro atoms. The fourth-order valence-corrected chi connectivity index (χ4v) is 2.82. The van der Waals surface area contributed by atoms with E-state index in [-0.39, 0.29) is 0 Å². The lowest BCUT2D eigenvalue weighted by Gasteiger charge is -2.28. The van der Waals surface area contributed by atoms with Crippen LogP contribution in [0, 0.1) is 6.92 Å². The van der Waals surface area contributed by atoms with Gasteiger partial charge in [0.05, 0.1) is 0 Å². The zero-order valence-electron chi connectivity index (χ0n) is 10.6. The number of thiocarbonyl (C=S) groups is 1. The lowest BCUT2D eigenvalue weighted by Crippen LogP contribution is -2.29. The number of hydrogen-bond acceptors (Lipinski definition) is 2. The van der Waals surface area contributed by atoms with E-state index in [0.717, 1.165) is 5.56 Å². The summed E-state index contributed by atoms with van der Waals surface area (Å²) in [5.74, 6) is 0. The van der Waals surface area contributed by atoms with Crippen LogP contribution in [0.3, 0.4) is 0 Å². The van der Waals surface area contributed by atoms with Crippen LogP contribution in [0.25, 0.3) is 0 Å². The lowest BCUT2D eigenvalue weighted by atomic mass is 10.1. The molecule has 1 aromatic carbocycles. The zero-order valence-corrected chi connectivity index (χ0v) is 11.4. The average molecular weight is 248 g/mol. The summed E-state index contributed by atoms with van der Waals surface area (Å²) < 4.78 is 0. The van der Waals surface area contributed by atoms with E-state index in [1.807, 2.05) is 6.07 Å². The molecule has 0 saturated heterocycles. The van der Waals surface area contributed by atoms with Gasteiger partial charge in [0.15, 0.2) is 0 Å². The molecule has 0 unspecified atom stereocenters. The molecule has 1 aliphatic rings. The van der Waals surface area contributed by atoms with Crippen LogP contribution in [0.4, 0.5) is 5.69 Å². The van der Waals surface area contributed by atoms with Crippen LogP contribution in [0.2, 0.25) is 0 Å². The van der Waals surface area contributed by atoms with Gasteiger partial charge in [-0.1, -0.05) is 25.1 Å². The molecule has 2 rings (SSSR count). The Morgan fingerprint density at radius 2 is 2.00 bits per heavy atom. The molecule has 0 amide bonds. The Labute approximate surface area is 109 Å². The van der Waals surface area contributed by atoms with Gasteiger partial charge in [-0.15, -0.1) is 0 Å². The van der Waals surface area contributed by atoms with Crippen LogP contribution in [0.15, 0.2) is 18.2 Å². The Hall–Kier alpha value is -1.09. The topological polar surface area (TPSA) is 29.3 Å². The summed E-state index contributed by atoms with van der Waals surface area (Å²) >= 11 is 5.00. The molecular weight excluding hydrogens is 228 g/mol. The second-order valence-electron chi connectivity index (χ2n) is 4.91. The average Bonchev–Trinajstić information content (AvgIpc) is 2.81. The van der Waals surface area contributed by atoms with Crippen molar-refractivity contribution in [1.82, 2.24) is 0 Å². The Balaban J connectivity index is 2.23. The Bertz CT molecular complexity index is 422. The highest BCUT2D eigenvalue weighted by Crippen LogP contribution is 2.29. The van der Waals surface area contributed by atoms with Gasteiger partial charge < -0.3 is 10.6 Å². The summed E-state index contributed by atoms with van der Waals surface area (Å²) in [5, 5.41) is 0. The van der Waals surface area contributed by atoms with E-state index >= 15 is 0 Å². The second-order valence-corrected chi connectivity index (χ2v) is 5.35. The highest BCUT2D eigenvalue weighted by atomic mass is 32.1. The van der Waals surface area contributed by atoms with Crippen LogP contribution >= 0.6 is 12.2 Å². The van der Waals surface area contributed by atoms with Crippen molar-refractivity contribution in [1.29, 1.82) is 0 Å². The predicted molar refractivity (Wildman–Crippen MR) is 77.7 cm³/mol. The van der Waals surface area contributed by atoms with Crippen LogP contribution in [0.1, 0.15) is 36.8 Å². The third kappa shape index (κ3) is 2.60. The first-order chi connectivity index (χ1) is 8.09. The van der Waals surface area contributed by atoms with Gasteiger partial charge in [0.2, 0.25) is 0 Å². The van der Waals surface area contributed by atoms with E-state index in [2.05, 4.69) is 31.0 Å². The standard InChI is InChI=1S/C14H20N2S/c1-10-9-11(14(15)17)7-8-13(10)16(2)12-5-3-4-6-12/h7-9,12H,3-6H2,1-2H3,(H2,15,17). The van der Waals surface area contributed by atoms with Crippen molar-refractivity contribution in [2.45, 2.75) is 38.6 Å². The predicted octanol–water partition coefficient (Wildman–Crippen LogP) is 3.01. The fraction of sp³-hybridized carbons (Fsp3) is 0.500. The normalized spacial score (nSPS) is 16.1. The van der Waals surface area contributed by atoms with Crippen LogP contribution < -0.4 is 10.6 Å². The SMILES string of the molecule is Cc1cc(C(N)=S)ccc1N(C)C1CCCC1. The molecule has 0 radical (unpaired) electrons. The number of nitrogens with zero attached hydrogens (tertiary/aromatic N) is 1. The molecule has 1 aliphatic carbocycles. The third-order valence-corrected chi connectivity index (χ3v) is 3.97. The first-order valence-corrected chi connectivity index (χ1v) is 6.63. The van der Waals surface area contributed by atoms with Crippen LogP contribution in [-0.4, -0.2) is 18.1 Å². The smallest absolute Gasteiger partial charge is 0.103 e. The van der Waals surface area contributed by atoms with E-state index in [9.17, 15) is 0 Å². The summed E-state index contributed by atoms with van der Waals surface area (Å²) in [6.07, 6.45) is 5.35. The number of benzene rings is 1. The van der Waals surface area contributed by atoms with Crippen molar-refractivity contribution in [3.8, 4) is 0 Å². The van der Waals surface area contributed by atoms with Crippen LogP contribution in [-0.2, 0) is 0 Å². The minimum Gasteiger partial charge on any atom is -0.389 e. The van der Waals surface area contributed by atoms with E-state index in [1.165, 1.54) is 36.9 Å². The van der Waals surface area contributed by atoms with Crippen LogP contribution in [0.5, 0.6) is 0 Å². The van der Waals surface area contributed by atoms with E-state index in [0.29, 0.717) is 11.0 Å². The molecule has 2 nitrogen and oxygen atoms in total. The second kappa shape index (κ2) is 5.05. The molecule has 0 aromatic heterocycles. The van der Waals surface area contributed by atoms with Gasteiger partial charge in [-0.05, 0) is 43.5 Å². The maximum absolute atomic E-state index is 5.65. The molecule has 2 N–H and O–H groups in total. The summed E-state index contributed by atoms with van der Waals surface area (Å²) in [6.45, 7) is 2.13. The number of hydrogen-bond donors (Lipinski definition) is 1. The zero-order chi connectivity index (χ0) is 12.4. The Morgan fingerprint density at radius 3 is 2.53 bits per heavy atom. The molecule has 1 fully saturated rings. The largest absolute Gasteiger partial charge is 0.389 e. The van der Waals surface area contributed by atoms with Gasteiger partial charge in [0.25, 0.3) is 0 Å². The van der Waals surface area contributed by atoms with Crippen molar-refractivity contribution in [3.63, 3.8) is 0 Å². The van der Waals surface area contributed by atoms with Gasteiger partial charge in [-0.25, -0.2) is 0 Å². The maximum atomic E-state index is 5.65. The molecular formula is C14H20N2S. The molecule has 0 aliphatic heterocycles. The molecule has 1 saturated carbocycles. The molecule has 3 heteroatoms. The monoisotopic (exact) mass is 248 g/mol. The summed E-state index contributed by atoms with van der Waals surface area (Å²) in [5.41, 5.74) is 9.17. The third-order valence-electron chi connectivity index (χ3n) is 3.73. The number of nitrogens with two attached hydrogens (primary N) is 1. The molecule has 0 heterocycles. The molecule has 0 atom stereocenters. The minimum absolute atomic E-state index is 0.475.